The lowest BCUT2D eigenvalue weighted by molar-refractivity contribution is -0.152. The fourth-order valence-corrected chi connectivity index (χ4v) is 2.38. The molecule has 0 bridgehead atoms. The number of carbonyl (C=O) groups excluding carboxylic acids is 4. The Morgan fingerprint density at radius 3 is 2.29 bits per heavy atom. The van der Waals surface area contributed by atoms with Crippen molar-refractivity contribution in [3.05, 3.63) is 35.4 Å². The first-order valence-electron chi connectivity index (χ1n) is 7.95. The molecule has 0 N–H and O–H groups in total. The van der Waals surface area contributed by atoms with Crippen LogP contribution in [0.3, 0.4) is 0 Å². The van der Waals surface area contributed by atoms with Gasteiger partial charge in [0.15, 0.2) is 11.6 Å². The van der Waals surface area contributed by atoms with E-state index in [2.05, 4.69) is 0 Å². The Labute approximate surface area is 140 Å². The fraction of sp³-hybridized carbons (Fsp3) is 0.444. The molecule has 24 heavy (non-hydrogen) atoms. The second-order valence-electron chi connectivity index (χ2n) is 5.92. The molecule has 0 aromatic heterocycles. The van der Waals surface area contributed by atoms with Gasteiger partial charge in [-0.3, -0.25) is 24.1 Å². The van der Waals surface area contributed by atoms with Gasteiger partial charge in [-0.05, 0) is 24.5 Å². The highest BCUT2D eigenvalue weighted by Crippen LogP contribution is 2.13. The number of hydrogen-bond acceptors (Lipinski definition) is 5. The molecule has 1 aromatic rings. The largest absolute Gasteiger partial charge is 0.366 e. The van der Waals surface area contributed by atoms with Crippen LogP contribution >= 0.6 is 0 Å². The summed E-state index contributed by atoms with van der Waals surface area (Å²) in [5, 5.41) is 0. The zero-order chi connectivity index (χ0) is 17.5. The summed E-state index contributed by atoms with van der Waals surface area (Å²) in [4.78, 5) is 46.7. The predicted octanol–water partition coefficient (Wildman–Crippen LogP) is 1.10. The van der Waals surface area contributed by atoms with E-state index in [1.807, 2.05) is 24.3 Å². The van der Waals surface area contributed by atoms with Crippen LogP contribution in [0.15, 0.2) is 24.3 Å². The number of aryl methyl sites for hydroxylation is 1. The standard InChI is InChI=1S/C18H21NO5/c1-13(20)11-24-12-16(21)10-15-4-2-14(3-5-15)6-7-17(22)19-9-8-18(19)23/h2-5H,6-12H2,1H3. The normalized spacial score (nSPS) is 13.5. The molecule has 0 radical (unpaired) electrons. The summed E-state index contributed by atoms with van der Waals surface area (Å²) in [6.07, 6.45) is 1.59. The van der Waals surface area contributed by atoms with Gasteiger partial charge in [0.25, 0.3) is 0 Å². The summed E-state index contributed by atoms with van der Waals surface area (Å²) >= 11 is 0. The summed E-state index contributed by atoms with van der Waals surface area (Å²) in [5.41, 5.74) is 1.85. The molecule has 0 aliphatic carbocycles. The van der Waals surface area contributed by atoms with Gasteiger partial charge in [-0.1, -0.05) is 24.3 Å². The molecule has 1 fully saturated rings. The molecule has 1 saturated heterocycles. The molecule has 1 heterocycles. The molecule has 6 heteroatoms. The van der Waals surface area contributed by atoms with Crippen LogP contribution < -0.4 is 0 Å². The molecule has 0 spiro atoms. The Kier molecular flexibility index (Phi) is 6.37. The van der Waals surface area contributed by atoms with Gasteiger partial charge < -0.3 is 4.74 Å². The van der Waals surface area contributed by atoms with E-state index in [1.165, 1.54) is 11.8 Å². The minimum atomic E-state index is -0.131. The zero-order valence-electron chi connectivity index (χ0n) is 13.7. The van der Waals surface area contributed by atoms with E-state index in [9.17, 15) is 19.2 Å². The first-order chi connectivity index (χ1) is 11.5. The first-order valence-corrected chi connectivity index (χ1v) is 7.95. The Hall–Kier alpha value is -2.34. The average Bonchev–Trinajstić information content (AvgIpc) is 2.52. The number of ether oxygens (including phenoxy) is 1. The van der Waals surface area contributed by atoms with Crippen LogP contribution in [0.25, 0.3) is 0 Å². The molecule has 0 saturated carbocycles. The Morgan fingerprint density at radius 1 is 1.08 bits per heavy atom. The first kappa shape index (κ1) is 18.0. The summed E-state index contributed by atoms with van der Waals surface area (Å²) < 4.78 is 5.00. The van der Waals surface area contributed by atoms with Crippen LogP contribution in [-0.4, -0.2) is 48.0 Å². The molecular formula is C18H21NO5. The maximum Gasteiger partial charge on any atom is 0.230 e. The number of rotatable bonds is 9. The van der Waals surface area contributed by atoms with Crippen molar-refractivity contribution in [1.82, 2.24) is 4.90 Å². The lowest BCUT2D eigenvalue weighted by Gasteiger charge is -2.28. The highest BCUT2D eigenvalue weighted by molar-refractivity contribution is 5.99. The molecule has 128 valence electrons. The van der Waals surface area contributed by atoms with E-state index >= 15 is 0 Å². The predicted molar refractivity (Wildman–Crippen MR) is 86.3 cm³/mol. The van der Waals surface area contributed by atoms with Crippen LogP contribution in [0.5, 0.6) is 0 Å². The number of nitrogens with zero attached hydrogens (tertiary/aromatic N) is 1. The van der Waals surface area contributed by atoms with E-state index in [-0.39, 0.29) is 43.0 Å². The van der Waals surface area contributed by atoms with Gasteiger partial charge in [-0.25, -0.2) is 0 Å². The van der Waals surface area contributed by atoms with Crippen LogP contribution in [0.4, 0.5) is 0 Å². The molecule has 0 unspecified atom stereocenters. The van der Waals surface area contributed by atoms with Gasteiger partial charge in [0.05, 0.1) is 0 Å². The fourth-order valence-electron chi connectivity index (χ4n) is 2.38. The van der Waals surface area contributed by atoms with Crippen molar-refractivity contribution in [2.24, 2.45) is 0 Å². The highest BCUT2D eigenvalue weighted by Gasteiger charge is 2.29. The number of Topliss-reactive ketones (excluding diaryl/α,β-unsaturated/α-hetero) is 2. The van der Waals surface area contributed by atoms with Crippen molar-refractivity contribution in [2.75, 3.05) is 19.8 Å². The minimum Gasteiger partial charge on any atom is -0.366 e. The monoisotopic (exact) mass is 331 g/mol. The van der Waals surface area contributed by atoms with Gasteiger partial charge in [-0.2, -0.15) is 0 Å². The molecular weight excluding hydrogens is 310 g/mol. The van der Waals surface area contributed by atoms with Crippen molar-refractivity contribution in [3.63, 3.8) is 0 Å². The summed E-state index contributed by atoms with van der Waals surface area (Å²) in [7, 11) is 0. The number of carbonyl (C=O) groups is 4. The Balaban J connectivity index is 1.74. The molecule has 0 atom stereocenters. The third-order valence-corrected chi connectivity index (χ3v) is 3.77. The number of imide groups is 1. The second-order valence-corrected chi connectivity index (χ2v) is 5.92. The maximum absolute atomic E-state index is 11.8. The van der Waals surface area contributed by atoms with E-state index < -0.39 is 0 Å². The van der Waals surface area contributed by atoms with Crippen molar-refractivity contribution in [2.45, 2.75) is 32.6 Å². The van der Waals surface area contributed by atoms with Crippen LogP contribution in [0, 0.1) is 0 Å². The molecule has 6 nitrogen and oxygen atoms in total. The maximum atomic E-state index is 11.8. The molecule has 1 aromatic carbocycles. The van der Waals surface area contributed by atoms with Crippen molar-refractivity contribution < 1.29 is 23.9 Å². The highest BCUT2D eigenvalue weighted by atomic mass is 16.5. The Morgan fingerprint density at radius 2 is 1.75 bits per heavy atom. The number of β-lactam (4-membered cyclic amide) rings is 1. The van der Waals surface area contributed by atoms with Gasteiger partial charge in [0.1, 0.15) is 13.2 Å². The quantitative estimate of drug-likeness (QED) is 0.633. The van der Waals surface area contributed by atoms with Crippen LogP contribution in [0.2, 0.25) is 0 Å². The Bertz CT molecular complexity index is 635. The molecule has 2 rings (SSSR count). The third-order valence-electron chi connectivity index (χ3n) is 3.77. The number of amides is 2. The number of likely N-dealkylation sites (tertiary alicyclic amines) is 1. The lowest BCUT2D eigenvalue weighted by atomic mass is 10.0. The van der Waals surface area contributed by atoms with Crippen LogP contribution in [0.1, 0.15) is 30.9 Å². The smallest absolute Gasteiger partial charge is 0.230 e. The second kappa shape index (κ2) is 8.49. The van der Waals surface area contributed by atoms with Crippen molar-refractivity contribution in [1.29, 1.82) is 0 Å². The average molecular weight is 331 g/mol. The lowest BCUT2D eigenvalue weighted by Crippen LogP contribution is -2.47. The van der Waals surface area contributed by atoms with E-state index in [4.69, 9.17) is 4.74 Å². The van der Waals surface area contributed by atoms with Crippen LogP contribution in [-0.2, 0) is 36.8 Å². The third kappa shape index (κ3) is 5.38. The molecule has 1 aliphatic heterocycles. The van der Waals surface area contributed by atoms with Gasteiger partial charge in [0.2, 0.25) is 11.8 Å². The summed E-state index contributed by atoms with van der Waals surface area (Å²) in [5.74, 6) is -0.425. The number of benzene rings is 1. The minimum absolute atomic E-state index is 0.0434. The van der Waals surface area contributed by atoms with Gasteiger partial charge >= 0.3 is 0 Å². The van der Waals surface area contributed by atoms with Gasteiger partial charge in [0, 0.05) is 25.8 Å². The van der Waals surface area contributed by atoms with E-state index in [0.717, 1.165) is 11.1 Å². The van der Waals surface area contributed by atoms with Gasteiger partial charge in [-0.15, -0.1) is 0 Å². The van der Waals surface area contributed by atoms with E-state index in [0.29, 0.717) is 25.8 Å². The summed E-state index contributed by atoms with van der Waals surface area (Å²) in [6, 6.07) is 7.45. The SMILES string of the molecule is CC(=O)COCC(=O)Cc1ccc(CCC(=O)N2CCC2=O)cc1. The summed E-state index contributed by atoms with van der Waals surface area (Å²) in [6.45, 7) is 1.83. The molecule has 2 amide bonds. The zero-order valence-corrected chi connectivity index (χ0v) is 13.7. The number of ketones is 2. The van der Waals surface area contributed by atoms with Crippen molar-refractivity contribution >= 4 is 23.4 Å². The molecule has 1 aliphatic rings. The number of hydrogen-bond donors (Lipinski definition) is 0. The topological polar surface area (TPSA) is 80.8 Å². The van der Waals surface area contributed by atoms with E-state index in [1.54, 1.807) is 0 Å². The van der Waals surface area contributed by atoms with Crippen molar-refractivity contribution in [3.8, 4) is 0 Å².